The van der Waals surface area contributed by atoms with Gasteiger partial charge in [-0.3, -0.25) is 4.79 Å². The minimum absolute atomic E-state index is 0.174. The van der Waals surface area contributed by atoms with E-state index in [2.05, 4.69) is 23.7 Å². The van der Waals surface area contributed by atoms with Crippen molar-refractivity contribution < 1.29 is 14.6 Å². The number of amidine groups is 1. The summed E-state index contributed by atoms with van der Waals surface area (Å²) in [4.78, 5) is 18.4. The van der Waals surface area contributed by atoms with E-state index in [0.717, 1.165) is 35.6 Å². The molecule has 0 radical (unpaired) electrons. The number of hydrogen-bond donors (Lipinski definition) is 2. The van der Waals surface area contributed by atoms with E-state index >= 15 is 0 Å². The summed E-state index contributed by atoms with van der Waals surface area (Å²) >= 11 is 0. The molecule has 3 N–H and O–H groups in total. The quantitative estimate of drug-likeness (QED) is 0.608. The number of aliphatic imine (C=N–C) groups is 1. The van der Waals surface area contributed by atoms with E-state index in [1.807, 2.05) is 32.2 Å². The van der Waals surface area contributed by atoms with Gasteiger partial charge in [-0.15, -0.1) is 0 Å². The zero-order valence-corrected chi connectivity index (χ0v) is 15.7. The van der Waals surface area contributed by atoms with Gasteiger partial charge in [-0.25, -0.2) is 4.99 Å². The third kappa shape index (κ3) is 4.58. The SMILES string of the molecule is COC(C)(C)CCN(C)C(C)=Nc1ccc2c(c1)C(C(N)=O)C(O)C2. The predicted molar refractivity (Wildman–Crippen MR) is 99.2 cm³/mol. The second-order valence-corrected chi connectivity index (χ2v) is 7.33. The molecule has 0 spiro atoms. The fourth-order valence-corrected chi connectivity index (χ4v) is 2.99. The van der Waals surface area contributed by atoms with Gasteiger partial charge in [-0.1, -0.05) is 6.07 Å². The number of fused-ring (bicyclic) bond motifs is 1. The van der Waals surface area contributed by atoms with Crippen molar-refractivity contribution in [2.45, 2.75) is 51.2 Å². The zero-order chi connectivity index (χ0) is 18.8. The molecule has 2 unspecified atom stereocenters. The number of aliphatic hydroxyl groups is 1. The number of methoxy groups -OCH3 is 1. The highest BCUT2D eigenvalue weighted by Gasteiger charge is 2.35. The normalized spacial score (nSPS) is 20.5. The fourth-order valence-electron chi connectivity index (χ4n) is 2.99. The van der Waals surface area contributed by atoms with Gasteiger partial charge in [0.1, 0.15) is 5.84 Å². The number of nitrogens with two attached hydrogens (primary N) is 1. The number of aliphatic hydroxyl groups excluding tert-OH is 1. The summed E-state index contributed by atoms with van der Waals surface area (Å²) in [5.74, 6) is -0.269. The zero-order valence-electron chi connectivity index (χ0n) is 15.7. The van der Waals surface area contributed by atoms with Gasteiger partial charge in [-0.2, -0.15) is 0 Å². The van der Waals surface area contributed by atoms with Crippen LogP contribution in [0.1, 0.15) is 44.2 Å². The molecular weight excluding hydrogens is 318 g/mol. The van der Waals surface area contributed by atoms with Crippen LogP contribution in [-0.2, 0) is 16.0 Å². The standard InChI is InChI=1S/C19H29N3O3/c1-12(22(4)9-8-19(2,3)25-5)21-14-7-6-13-10-16(23)17(18(20)24)15(13)11-14/h6-7,11,16-17,23H,8-10H2,1-5H3,(H2,20,24). The summed E-state index contributed by atoms with van der Waals surface area (Å²) in [6, 6.07) is 5.68. The van der Waals surface area contributed by atoms with Crippen LogP contribution in [0.2, 0.25) is 0 Å². The fraction of sp³-hybridized carbons (Fsp3) is 0.579. The summed E-state index contributed by atoms with van der Waals surface area (Å²) in [5.41, 5.74) is 7.78. The Bertz CT molecular complexity index is 670. The molecule has 1 amide bonds. The average Bonchev–Trinajstić information content (AvgIpc) is 2.87. The van der Waals surface area contributed by atoms with E-state index in [1.165, 1.54) is 0 Å². The highest BCUT2D eigenvalue weighted by atomic mass is 16.5. The second kappa shape index (κ2) is 7.54. The molecule has 1 aromatic rings. The molecule has 6 nitrogen and oxygen atoms in total. The lowest BCUT2D eigenvalue weighted by molar-refractivity contribution is -0.121. The van der Waals surface area contributed by atoms with Crippen LogP contribution < -0.4 is 5.73 Å². The molecule has 0 saturated heterocycles. The highest BCUT2D eigenvalue weighted by molar-refractivity contribution is 5.85. The van der Waals surface area contributed by atoms with Gasteiger partial charge in [0.05, 0.1) is 23.3 Å². The second-order valence-electron chi connectivity index (χ2n) is 7.33. The van der Waals surface area contributed by atoms with E-state index in [1.54, 1.807) is 7.11 Å². The third-order valence-electron chi connectivity index (χ3n) is 5.03. The number of carbonyl (C=O) groups excluding carboxylic acids is 1. The molecule has 6 heteroatoms. The van der Waals surface area contributed by atoms with Gasteiger partial charge in [0.2, 0.25) is 5.91 Å². The Morgan fingerprint density at radius 2 is 2.16 bits per heavy atom. The van der Waals surface area contributed by atoms with Gasteiger partial charge in [0, 0.05) is 20.7 Å². The van der Waals surface area contributed by atoms with Crippen molar-refractivity contribution in [1.82, 2.24) is 4.90 Å². The van der Waals surface area contributed by atoms with Crippen molar-refractivity contribution >= 4 is 17.4 Å². The molecule has 0 bridgehead atoms. The van der Waals surface area contributed by atoms with E-state index < -0.39 is 17.9 Å². The van der Waals surface area contributed by atoms with Crippen LogP contribution in [0.5, 0.6) is 0 Å². The lowest BCUT2D eigenvalue weighted by Crippen LogP contribution is -2.32. The number of benzene rings is 1. The van der Waals surface area contributed by atoms with Crippen molar-refractivity contribution in [3.8, 4) is 0 Å². The molecule has 0 aliphatic heterocycles. The van der Waals surface area contributed by atoms with Crippen LogP contribution in [0.4, 0.5) is 5.69 Å². The number of hydrogen-bond acceptors (Lipinski definition) is 4. The minimum Gasteiger partial charge on any atom is -0.392 e. The van der Waals surface area contributed by atoms with Crippen LogP contribution >= 0.6 is 0 Å². The largest absolute Gasteiger partial charge is 0.392 e. The highest BCUT2D eigenvalue weighted by Crippen LogP contribution is 2.35. The smallest absolute Gasteiger partial charge is 0.227 e. The number of ether oxygens (including phenoxy) is 1. The summed E-state index contributed by atoms with van der Waals surface area (Å²) in [5, 5.41) is 10.1. The molecule has 1 aliphatic carbocycles. The van der Waals surface area contributed by atoms with Crippen LogP contribution in [0.3, 0.4) is 0 Å². The van der Waals surface area contributed by atoms with Gasteiger partial charge < -0.3 is 20.5 Å². The van der Waals surface area contributed by atoms with Gasteiger partial charge in [-0.05, 0) is 56.9 Å². The van der Waals surface area contributed by atoms with E-state index in [0.29, 0.717) is 6.42 Å². The number of rotatable bonds is 6. The lowest BCUT2D eigenvalue weighted by Gasteiger charge is -2.27. The first-order chi connectivity index (χ1) is 11.6. The Kier molecular flexibility index (Phi) is 5.85. The molecule has 0 saturated carbocycles. The predicted octanol–water partition coefficient (Wildman–Crippen LogP) is 1.97. The Morgan fingerprint density at radius 3 is 2.76 bits per heavy atom. The molecular formula is C19H29N3O3. The Balaban J connectivity index is 2.15. The molecule has 1 aromatic carbocycles. The number of nitrogens with zero attached hydrogens (tertiary/aromatic N) is 2. The number of amides is 1. The van der Waals surface area contributed by atoms with Crippen LogP contribution in [0.15, 0.2) is 23.2 Å². The Morgan fingerprint density at radius 1 is 1.48 bits per heavy atom. The molecule has 1 aliphatic rings. The average molecular weight is 347 g/mol. The maximum atomic E-state index is 11.6. The van der Waals surface area contributed by atoms with Crippen LogP contribution in [0.25, 0.3) is 0 Å². The van der Waals surface area contributed by atoms with Crippen molar-refractivity contribution in [2.75, 3.05) is 20.7 Å². The molecule has 0 fully saturated rings. The summed E-state index contributed by atoms with van der Waals surface area (Å²) in [6.45, 7) is 6.89. The molecule has 0 heterocycles. The molecule has 0 aromatic heterocycles. The van der Waals surface area contributed by atoms with Crippen LogP contribution in [-0.4, -0.2) is 54.2 Å². The van der Waals surface area contributed by atoms with Crippen molar-refractivity contribution in [3.63, 3.8) is 0 Å². The van der Waals surface area contributed by atoms with E-state index in [4.69, 9.17) is 10.5 Å². The van der Waals surface area contributed by atoms with Crippen molar-refractivity contribution in [2.24, 2.45) is 10.7 Å². The first kappa shape index (κ1) is 19.4. The van der Waals surface area contributed by atoms with Gasteiger partial charge >= 0.3 is 0 Å². The molecule has 25 heavy (non-hydrogen) atoms. The van der Waals surface area contributed by atoms with Gasteiger partial charge in [0.15, 0.2) is 0 Å². The monoisotopic (exact) mass is 347 g/mol. The molecule has 2 rings (SSSR count). The van der Waals surface area contributed by atoms with E-state index in [9.17, 15) is 9.90 Å². The maximum absolute atomic E-state index is 11.6. The molecule has 138 valence electrons. The maximum Gasteiger partial charge on any atom is 0.227 e. The summed E-state index contributed by atoms with van der Waals surface area (Å²) < 4.78 is 5.45. The van der Waals surface area contributed by atoms with E-state index in [-0.39, 0.29) is 5.60 Å². The van der Waals surface area contributed by atoms with Crippen molar-refractivity contribution in [3.05, 3.63) is 29.3 Å². The topological polar surface area (TPSA) is 88.1 Å². The summed E-state index contributed by atoms with van der Waals surface area (Å²) in [6.07, 6.45) is 0.594. The number of carbonyl (C=O) groups is 1. The first-order valence-corrected chi connectivity index (χ1v) is 8.56. The lowest BCUT2D eigenvalue weighted by atomic mass is 9.99. The summed E-state index contributed by atoms with van der Waals surface area (Å²) in [7, 11) is 3.71. The van der Waals surface area contributed by atoms with Crippen molar-refractivity contribution in [1.29, 1.82) is 0 Å². The Labute approximate surface area is 149 Å². The van der Waals surface area contributed by atoms with Crippen LogP contribution in [0, 0.1) is 0 Å². The third-order valence-corrected chi connectivity index (χ3v) is 5.03. The molecule has 2 atom stereocenters. The first-order valence-electron chi connectivity index (χ1n) is 8.56. The van der Waals surface area contributed by atoms with Gasteiger partial charge in [0.25, 0.3) is 0 Å². The Hall–Kier alpha value is -1.92. The number of primary amides is 1. The minimum atomic E-state index is -0.744.